The van der Waals surface area contributed by atoms with Crippen molar-refractivity contribution in [2.24, 2.45) is 5.92 Å². The fourth-order valence-corrected chi connectivity index (χ4v) is 1.46. The van der Waals surface area contributed by atoms with Crippen molar-refractivity contribution in [1.29, 1.82) is 0 Å². The molecule has 0 aliphatic heterocycles. The van der Waals surface area contributed by atoms with Gasteiger partial charge in [0.25, 0.3) is 0 Å². The summed E-state index contributed by atoms with van der Waals surface area (Å²) in [6.45, 7) is 6.01. The Morgan fingerprint density at radius 1 is 1.50 bits per heavy atom. The Bertz CT molecular complexity index is 129. The molecule has 0 spiro atoms. The number of hydrogen-bond acceptors (Lipinski definition) is 1. The van der Waals surface area contributed by atoms with E-state index in [4.69, 9.17) is 0 Å². The Labute approximate surface area is 62.8 Å². The summed E-state index contributed by atoms with van der Waals surface area (Å²) in [5.74, 6) is 0.322. The van der Waals surface area contributed by atoms with Crippen LogP contribution in [0.4, 0.5) is 0 Å². The zero-order valence-corrected chi connectivity index (χ0v) is 6.64. The minimum Gasteiger partial charge on any atom is -0.393 e. The third-order valence-corrected chi connectivity index (χ3v) is 2.47. The molecule has 0 bridgehead atoms. The maximum atomic E-state index is 9.47. The summed E-state index contributed by atoms with van der Waals surface area (Å²) in [6.07, 6.45) is 4.30. The van der Waals surface area contributed by atoms with E-state index >= 15 is 0 Å². The van der Waals surface area contributed by atoms with Crippen molar-refractivity contribution in [1.82, 2.24) is 0 Å². The summed E-state index contributed by atoms with van der Waals surface area (Å²) in [5, 5.41) is 9.47. The van der Waals surface area contributed by atoms with Gasteiger partial charge in [-0.2, -0.15) is 0 Å². The number of aliphatic hydroxyl groups is 1. The normalized spacial score (nSPS) is 35.6. The molecule has 1 nitrogen and oxygen atoms in total. The van der Waals surface area contributed by atoms with E-state index in [0.29, 0.717) is 5.92 Å². The van der Waals surface area contributed by atoms with Crippen LogP contribution < -0.4 is 0 Å². The molecule has 58 valence electrons. The highest BCUT2D eigenvalue weighted by molar-refractivity contribution is 5.03. The Balaban J connectivity index is 2.55. The van der Waals surface area contributed by atoms with Crippen LogP contribution in [0.1, 0.15) is 32.6 Å². The standard InChI is InChI=1S/C9H16O/c1-7-5-3-4-6-9(10)8(7)2/h8-10H,1,3-6H2,2H3. The molecule has 1 heteroatoms. The summed E-state index contributed by atoms with van der Waals surface area (Å²) in [4.78, 5) is 0. The molecule has 1 saturated carbocycles. The Hall–Kier alpha value is -0.300. The average molecular weight is 140 g/mol. The summed E-state index contributed by atoms with van der Waals surface area (Å²) < 4.78 is 0. The lowest BCUT2D eigenvalue weighted by molar-refractivity contribution is 0.126. The zero-order chi connectivity index (χ0) is 7.56. The van der Waals surface area contributed by atoms with Gasteiger partial charge in [0, 0.05) is 5.92 Å². The molecule has 0 aromatic carbocycles. The van der Waals surface area contributed by atoms with Gasteiger partial charge < -0.3 is 5.11 Å². The van der Waals surface area contributed by atoms with Crippen molar-refractivity contribution < 1.29 is 5.11 Å². The minimum absolute atomic E-state index is 0.130. The van der Waals surface area contributed by atoms with E-state index in [2.05, 4.69) is 13.5 Å². The summed E-state index contributed by atoms with van der Waals surface area (Å²) >= 11 is 0. The van der Waals surface area contributed by atoms with E-state index in [1.807, 2.05) is 0 Å². The van der Waals surface area contributed by atoms with Crippen LogP contribution in [0.25, 0.3) is 0 Å². The van der Waals surface area contributed by atoms with E-state index in [1.54, 1.807) is 0 Å². The molecular formula is C9H16O. The first-order valence-electron chi connectivity index (χ1n) is 4.07. The van der Waals surface area contributed by atoms with E-state index in [-0.39, 0.29) is 6.10 Å². The first-order valence-corrected chi connectivity index (χ1v) is 4.07. The molecule has 0 amide bonds. The van der Waals surface area contributed by atoms with Crippen LogP contribution in [-0.4, -0.2) is 11.2 Å². The Kier molecular flexibility index (Phi) is 2.50. The van der Waals surface area contributed by atoms with Crippen molar-refractivity contribution >= 4 is 0 Å². The molecule has 1 N–H and O–H groups in total. The molecule has 1 aliphatic carbocycles. The summed E-state index contributed by atoms with van der Waals surface area (Å²) in [7, 11) is 0. The van der Waals surface area contributed by atoms with Gasteiger partial charge in [0.05, 0.1) is 6.10 Å². The predicted molar refractivity (Wildman–Crippen MR) is 42.8 cm³/mol. The highest BCUT2D eigenvalue weighted by atomic mass is 16.3. The quantitative estimate of drug-likeness (QED) is 0.403. The van der Waals surface area contributed by atoms with Gasteiger partial charge in [-0.1, -0.05) is 25.5 Å². The van der Waals surface area contributed by atoms with E-state index < -0.39 is 0 Å². The molecule has 1 fully saturated rings. The van der Waals surface area contributed by atoms with E-state index in [1.165, 1.54) is 12.0 Å². The summed E-state index contributed by atoms with van der Waals surface area (Å²) in [5.41, 5.74) is 1.23. The van der Waals surface area contributed by atoms with Crippen molar-refractivity contribution in [2.75, 3.05) is 0 Å². The monoisotopic (exact) mass is 140 g/mol. The van der Waals surface area contributed by atoms with Crippen molar-refractivity contribution in [2.45, 2.75) is 38.7 Å². The molecule has 0 radical (unpaired) electrons. The lowest BCUT2D eigenvalue weighted by atomic mass is 9.96. The van der Waals surface area contributed by atoms with Crippen LogP contribution in [0.15, 0.2) is 12.2 Å². The number of rotatable bonds is 0. The molecule has 2 unspecified atom stereocenters. The SMILES string of the molecule is C=C1CCCCC(O)C1C. The average Bonchev–Trinajstić information content (AvgIpc) is 2.04. The molecule has 1 aliphatic rings. The summed E-state index contributed by atoms with van der Waals surface area (Å²) in [6, 6.07) is 0. The minimum atomic E-state index is -0.130. The second-order valence-corrected chi connectivity index (χ2v) is 3.26. The van der Waals surface area contributed by atoms with Gasteiger partial charge in [-0.25, -0.2) is 0 Å². The van der Waals surface area contributed by atoms with Gasteiger partial charge in [-0.3, -0.25) is 0 Å². The molecule has 1 rings (SSSR count). The third kappa shape index (κ3) is 1.60. The van der Waals surface area contributed by atoms with Gasteiger partial charge in [-0.05, 0) is 19.3 Å². The van der Waals surface area contributed by atoms with Crippen LogP contribution in [0.2, 0.25) is 0 Å². The van der Waals surface area contributed by atoms with Gasteiger partial charge in [0.15, 0.2) is 0 Å². The Morgan fingerprint density at radius 2 is 2.20 bits per heavy atom. The number of aliphatic hydroxyl groups excluding tert-OH is 1. The van der Waals surface area contributed by atoms with Gasteiger partial charge in [0.2, 0.25) is 0 Å². The van der Waals surface area contributed by atoms with Crippen LogP contribution in [0, 0.1) is 5.92 Å². The molecule has 10 heavy (non-hydrogen) atoms. The molecule has 2 atom stereocenters. The predicted octanol–water partition coefficient (Wildman–Crippen LogP) is 2.11. The topological polar surface area (TPSA) is 20.2 Å². The molecular weight excluding hydrogens is 124 g/mol. The van der Waals surface area contributed by atoms with Crippen LogP contribution in [-0.2, 0) is 0 Å². The lowest BCUT2D eigenvalue weighted by Gasteiger charge is -2.16. The van der Waals surface area contributed by atoms with Gasteiger partial charge >= 0.3 is 0 Å². The van der Waals surface area contributed by atoms with Crippen molar-refractivity contribution in [3.05, 3.63) is 12.2 Å². The van der Waals surface area contributed by atoms with Crippen molar-refractivity contribution in [3.63, 3.8) is 0 Å². The first kappa shape index (κ1) is 7.80. The Morgan fingerprint density at radius 3 is 2.90 bits per heavy atom. The fraction of sp³-hybridized carbons (Fsp3) is 0.778. The maximum absolute atomic E-state index is 9.47. The molecule has 0 heterocycles. The third-order valence-electron chi connectivity index (χ3n) is 2.47. The van der Waals surface area contributed by atoms with Crippen LogP contribution in [0.5, 0.6) is 0 Å². The fourth-order valence-electron chi connectivity index (χ4n) is 1.46. The zero-order valence-electron chi connectivity index (χ0n) is 6.64. The van der Waals surface area contributed by atoms with Gasteiger partial charge in [-0.15, -0.1) is 0 Å². The second-order valence-electron chi connectivity index (χ2n) is 3.26. The molecule has 0 saturated heterocycles. The highest BCUT2D eigenvalue weighted by Gasteiger charge is 2.19. The second kappa shape index (κ2) is 3.20. The van der Waals surface area contributed by atoms with E-state index in [0.717, 1.165) is 19.3 Å². The van der Waals surface area contributed by atoms with Crippen LogP contribution >= 0.6 is 0 Å². The lowest BCUT2D eigenvalue weighted by Crippen LogP contribution is -2.16. The van der Waals surface area contributed by atoms with Crippen molar-refractivity contribution in [3.8, 4) is 0 Å². The van der Waals surface area contributed by atoms with Gasteiger partial charge in [0.1, 0.15) is 0 Å². The first-order chi connectivity index (χ1) is 4.72. The highest BCUT2D eigenvalue weighted by Crippen LogP contribution is 2.26. The smallest absolute Gasteiger partial charge is 0.0602 e. The maximum Gasteiger partial charge on any atom is 0.0602 e. The molecule has 0 aromatic rings. The largest absolute Gasteiger partial charge is 0.393 e. The van der Waals surface area contributed by atoms with Crippen LogP contribution in [0.3, 0.4) is 0 Å². The van der Waals surface area contributed by atoms with E-state index in [9.17, 15) is 5.11 Å². The molecule has 0 aromatic heterocycles. The number of hydrogen-bond donors (Lipinski definition) is 1.